The standard InChI is InChI=1S/C19H19N3O5/c1-3-5-15-10-13(11-17(18(15)23)27-4-2)12-20-21-19(24)14-6-8-16(9-7-14)22(25)26/h3,6-12,23H,1,4-5H2,2H3,(H,21,24)/b20-12-. The molecule has 0 saturated carbocycles. The molecule has 0 saturated heterocycles. The molecule has 2 N–H and O–H groups in total. The van der Waals surface area contributed by atoms with Gasteiger partial charge in [0, 0.05) is 23.3 Å². The summed E-state index contributed by atoms with van der Waals surface area (Å²) in [5.74, 6) is -0.139. The van der Waals surface area contributed by atoms with E-state index in [1.165, 1.54) is 30.5 Å². The van der Waals surface area contributed by atoms with Crippen LogP contribution in [0.4, 0.5) is 5.69 Å². The fourth-order valence-corrected chi connectivity index (χ4v) is 2.30. The van der Waals surface area contributed by atoms with Gasteiger partial charge in [-0.3, -0.25) is 14.9 Å². The van der Waals surface area contributed by atoms with Gasteiger partial charge < -0.3 is 9.84 Å². The summed E-state index contributed by atoms with van der Waals surface area (Å²) >= 11 is 0. The second kappa shape index (κ2) is 9.14. The van der Waals surface area contributed by atoms with Crippen molar-refractivity contribution in [2.75, 3.05) is 6.61 Å². The molecule has 2 aromatic carbocycles. The van der Waals surface area contributed by atoms with Crippen LogP contribution >= 0.6 is 0 Å². The maximum Gasteiger partial charge on any atom is 0.271 e. The number of hydrogen-bond acceptors (Lipinski definition) is 6. The van der Waals surface area contributed by atoms with Crippen LogP contribution in [0.15, 0.2) is 54.2 Å². The Morgan fingerprint density at radius 2 is 2.07 bits per heavy atom. The SMILES string of the molecule is C=CCc1cc(/C=N\NC(=O)c2ccc([N+](=O)[O-])cc2)cc(OCC)c1O. The summed E-state index contributed by atoms with van der Waals surface area (Å²) in [4.78, 5) is 22.1. The zero-order valence-electron chi connectivity index (χ0n) is 14.7. The summed E-state index contributed by atoms with van der Waals surface area (Å²) in [6.07, 6.45) is 3.52. The molecule has 0 bridgehead atoms. The van der Waals surface area contributed by atoms with Gasteiger partial charge in [0.15, 0.2) is 11.5 Å². The van der Waals surface area contributed by atoms with Crippen molar-refractivity contribution in [3.05, 3.63) is 75.9 Å². The monoisotopic (exact) mass is 369 g/mol. The first-order valence-corrected chi connectivity index (χ1v) is 8.13. The molecule has 0 aliphatic rings. The molecule has 0 fully saturated rings. The highest BCUT2D eigenvalue weighted by Crippen LogP contribution is 2.31. The van der Waals surface area contributed by atoms with Gasteiger partial charge in [-0.2, -0.15) is 5.10 Å². The fraction of sp³-hybridized carbons (Fsp3) is 0.158. The van der Waals surface area contributed by atoms with E-state index in [-0.39, 0.29) is 17.0 Å². The zero-order valence-corrected chi connectivity index (χ0v) is 14.7. The van der Waals surface area contributed by atoms with Crippen LogP contribution in [0.5, 0.6) is 11.5 Å². The Morgan fingerprint density at radius 3 is 2.67 bits per heavy atom. The molecule has 0 unspecified atom stereocenters. The average Bonchev–Trinajstić information content (AvgIpc) is 2.65. The molecular weight excluding hydrogens is 350 g/mol. The maximum absolute atomic E-state index is 12.0. The van der Waals surface area contributed by atoms with E-state index < -0.39 is 10.8 Å². The lowest BCUT2D eigenvalue weighted by atomic mass is 10.1. The predicted octanol–water partition coefficient (Wildman–Crippen LogP) is 3.19. The number of nitrogens with one attached hydrogen (secondary N) is 1. The van der Waals surface area contributed by atoms with Crippen LogP contribution in [0.25, 0.3) is 0 Å². The number of hydrogen-bond donors (Lipinski definition) is 2. The molecule has 0 aromatic heterocycles. The molecule has 0 heterocycles. The highest BCUT2D eigenvalue weighted by molar-refractivity contribution is 5.95. The van der Waals surface area contributed by atoms with Crippen molar-refractivity contribution in [2.45, 2.75) is 13.3 Å². The predicted molar refractivity (Wildman–Crippen MR) is 101 cm³/mol. The van der Waals surface area contributed by atoms with E-state index in [1.807, 2.05) is 0 Å². The van der Waals surface area contributed by atoms with Crippen molar-refractivity contribution in [2.24, 2.45) is 5.10 Å². The quantitative estimate of drug-likeness (QED) is 0.321. The van der Waals surface area contributed by atoms with Crippen LogP contribution < -0.4 is 10.2 Å². The van der Waals surface area contributed by atoms with Gasteiger partial charge in [-0.25, -0.2) is 5.43 Å². The summed E-state index contributed by atoms with van der Waals surface area (Å²) in [6, 6.07) is 8.49. The molecule has 0 atom stereocenters. The lowest BCUT2D eigenvalue weighted by Gasteiger charge is -2.10. The third kappa shape index (κ3) is 5.15. The number of carbonyl (C=O) groups is 1. The summed E-state index contributed by atoms with van der Waals surface area (Å²) in [6.45, 7) is 5.84. The number of rotatable bonds is 8. The van der Waals surface area contributed by atoms with Gasteiger partial charge in [-0.1, -0.05) is 6.08 Å². The second-order valence-electron chi connectivity index (χ2n) is 5.46. The molecular formula is C19H19N3O5. The number of ether oxygens (including phenoxy) is 1. The summed E-state index contributed by atoms with van der Waals surface area (Å²) in [5.41, 5.74) is 3.74. The molecule has 27 heavy (non-hydrogen) atoms. The van der Waals surface area contributed by atoms with Crippen LogP contribution in [-0.4, -0.2) is 28.8 Å². The Kier molecular flexibility index (Phi) is 6.65. The number of carbonyl (C=O) groups excluding carboxylic acids is 1. The van der Waals surface area contributed by atoms with Crippen molar-refractivity contribution >= 4 is 17.8 Å². The molecule has 0 spiro atoms. The summed E-state index contributed by atoms with van der Waals surface area (Å²) < 4.78 is 5.40. The highest BCUT2D eigenvalue weighted by Gasteiger charge is 2.11. The number of phenols is 1. The summed E-state index contributed by atoms with van der Waals surface area (Å²) in [7, 11) is 0. The number of aromatic hydroxyl groups is 1. The molecule has 0 aliphatic carbocycles. The molecule has 2 aromatic rings. The lowest BCUT2D eigenvalue weighted by molar-refractivity contribution is -0.384. The van der Waals surface area contributed by atoms with Gasteiger partial charge in [-0.15, -0.1) is 6.58 Å². The van der Waals surface area contributed by atoms with Crippen molar-refractivity contribution in [3.8, 4) is 11.5 Å². The van der Waals surface area contributed by atoms with Crippen LogP contribution in [0, 0.1) is 10.1 Å². The van der Waals surface area contributed by atoms with Crippen molar-refractivity contribution < 1.29 is 19.6 Å². The second-order valence-corrected chi connectivity index (χ2v) is 5.46. The normalized spacial score (nSPS) is 10.6. The third-order valence-electron chi connectivity index (χ3n) is 3.56. The minimum atomic E-state index is -0.540. The average molecular weight is 369 g/mol. The first-order valence-electron chi connectivity index (χ1n) is 8.13. The largest absolute Gasteiger partial charge is 0.504 e. The topological polar surface area (TPSA) is 114 Å². The van der Waals surface area contributed by atoms with Crippen molar-refractivity contribution in [1.29, 1.82) is 0 Å². The Morgan fingerprint density at radius 1 is 1.37 bits per heavy atom. The van der Waals surface area contributed by atoms with E-state index in [1.54, 1.807) is 25.1 Å². The molecule has 140 valence electrons. The fourth-order valence-electron chi connectivity index (χ4n) is 2.30. The Labute approximate surface area is 155 Å². The van der Waals surface area contributed by atoms with E-state index >= 15 is 0 Å². The first-order chi connectivity index (χ1) is 13.0. The smallest absolute Gasteiger partial charge is 0.271 e. The minimum Gasteiger partial charge on any atom is -0.504 e. The van der Waals surface area contributed by atoms with Crippen molar-refractivity contribution in [3.63, 3.8) is 0 Å². The van der Waals surface area contributed by atoms with Crippen LogP contribution in [-0.2, 0) is 6.42 Å². The maximum atomic E-state index is 12.0. The van der Waals surface area contributed by atoms with E-state index in [9.17, 15) is 20.0 Å². The van der Waals surface area contributed by atoms with Gasteiger partial charge >= 0.3 is 0 Å². The number of allylic oxidation sites excluding steroid dienone is 1. The molecule has 1 amide bonds. The van der Waals surface area contributed by atoms with Gasteiger partial charge in [0.2, 0.25) is 0 Å². The van der Waals surface area contributed by atoms with Gasteiger partial charge in [-0.05, 0) is 43.2 Å². The van der Waals surface area contributed by atoms with Gasteiger partial charge in [0.1, 0.15) is 0 Å². The number of phenolic OH excluding ortho intramolecular Hbond substituents is 1. The number of nitro groups is 1. The van der Waals surface area contributed by atoms with Crippen LogP contribution in [0.1, 0.15) is 28.4 Å². The molecule has 0 aliphatic heterocycles. The van der Waals surface area contributed by atoms with Crippen molar-refractivity contribution in [1.82, 2.24) is 5.43 Å². The molecule has 2 rings (SSSR count). The number of benzene rings is 2. The van der Waals surface area contributed by atoms with Crippen LogP contribution in [0.3, 0.4) is 0 Å². The molecule has 8 heteroatoms. The minimum absolute atomic E-state index is 0.0452. The number of nitro benzene ring substituents is 1. The Bertz CT molecular complexity index is 876. The van der Waals surface area contributed by atoms with E-state index in [0.29, 0.717) is 29.9 Å². The third-order valence-corrected chi connectivity index (χ3v) is 3.56. The van der Waals surface area contributed by atoms with Crippen LogP contribution in [0.2, 0.25) is 0 Å². The van der Waals surface area contributed by atoms with E-state index in [0.717, 1.165) is 0 Å². The lowest BCUT2D eigenvalue weighted by Crippen LogP contribution is -2.17. The number of amides is 1. The van der Waals surface area contributed by atoms with E-state index in [4.69, 9.17) is 4.74 Å². The highest BCUT2D eigenvalue weighted by atomic mass is 16.6. The number of non-ortho nitro benzene ring substituents is 1. The van der Waals surface area contributed by atoms with E-state index in [2.05, 4.69) is 17.1 Å². The first kappa shape index (κ1) is 19.6. The molecule has 8 nitrogen and oxygen atoms in total. The number of hydrazone groups is 1. The Balaban J connectivity index is 2.13. The zero-order chi connectivity index (χ0) is 19.8. The number of nitrogens with zero attached hydrogens (tertiary/aromatic N) is 2. The van der Waals surface area contributed by atoms with Gasteiger partial charge in [0.25, 0.3) is 11.6 Å². The molecule has 0 radical (unpaired) electrons. The summed E-state index contributed by atoms with van der Waals surface area (Å²) in [5, 5.41) is 24.7. The van der Waals surface area contributed by atoms with Gasteiger partial charge in [0.05, 0.1) is 17.7 Å². The Hall–Kier alpha value is -3.68.